The Hall–Kier alpha value is -3.00. The minimum atomic E-state index is -0.271. The number of morpholine rings is 1. The Kier molecular flexibility index (Phi) is 9.88. The van der Waals surface area contributed by atoms with Crippen LogP contribution in [0.15, 0.2) is 60.7 Å². The maximum atomic E-state index is 13.1. The molecule has 1 aliphatic carbocycles. The number of amides is 1. The number of carbonyl (C=O) groups excluding carboxylic acids is 2. The van der Waals surface area contributed by atoms with Crippen LogP contribution in [0.25, 0.3) is 11.1 Å². The van der Waals surface area contributed by atoms with Gasteiger partial charge in [0.1, 0.15) is 5.75 Å². The zero-order valence-corrected chi connectivity index (χ0v) is 21.6. The van der Waals surface area contributed by atoms with Gasteiger partial charge in [-0.2, -0.15) is 0 Å². The van der Waals surface area contributed by atoms with Crippen molar-refractivity contribution >= 4 is 11.7 Å². The molecule has 37 heavy (non-hydrogen) atoms. The van der Waals surface area contributed by atoms with Crippen LogP contribution >= 0.6 is 0 Å². The van der Waals surface area contributed by atoms with E-state index in [0.717, 1.165) is 54.8 Å². The van der Waals surface area contributed by atoms with Crippen molar-refractivity contribution in [3.8, 4) is 16.9 Å². The second-order valence-corrected chi connectivity index (χ2v) is 9.77. The zero-order valence-electron chi connectivity index (χ0n) is 21.6. The summed E-state index contributed by atoms with van der Waals surface area (Å²) in [5.74, 6) is 0.920. The Morgan fingerprint density at radius 3 is 2.38 bits per heavy atom. The predicted octanol–water partition coefficient (Wildman–Crippen LogP) is 4.14. The summed E-state index contributed by atoms with van der Waals surface area (Å²) < 4.78 is 17.2. The number of benzene rings is 2. The lowest BCUT2D eigenvalue weighted by molar-refractivity contribution is -0.124. The number of primary amides is 1. The highest BCUT2D eigenvalue weighted by Crippen LogP contribution is 2.34. The first-order chi connectivity index (χ1) is 18.0. The number of ether oxygens (including phenoxy) is 3. The van der Waals surface area contributed by atoms with Gasteiger partial charge in [0.25, 0.3) is 0 Å². The quantitative estimate of drug-likeness (QED) is 0.344. The van der Waals surface area contributed by atoms with Crippen molar-refractivity contribution in [3.63, 3.8) is 0 Å². The molecule has 7 nitrogen and oxygen atoms in total. The number of nitrogens with two attached hydrogens (primary N) is 1. The number of hydrogen-bond donors (Lipinski definition) is 1. The fraction of sp³-hybridized carbons (Fsp3) is 0.467. The van der Waals surface area contributed by atoms with Crippen molar-refractivity contribution in [2.75, 3.05) is 33.4 Å². The Labute approximate surface area is 219 Å². The molecule has 7 heteroatoms. The van der Waals surface area contributed by atoms with Crippen LogP contribution in [-0.4, -0.2) is 62.1 Å². The molecule has 2 fully saturated rings. The summed E-state index contributed by atoms with van der Waals surface area (Å²) >= 11 is 0. The summed E-state index contributed by atoms with van der Waals surface area (Å²) in [7, 11) is 1.67. The minimum Gasteiger partial charge on any atom is -0.497 e. The Balaban J connectivity index is 1.38. The summed E-state index contributed by atoms with van der Waals surface area (Å²) in [6.45, 7) is 3.33. The summed E-state index contributed by atoms with van der Waals surface area (Å²) in [6.07, 6.45) is 7.25. The molecule has 2 N–H and O–H groups in total. The normalized spacial score (nSPS) is 22.5. The van der Waals surface area contributed by atoms with E-state index in [-0.39, 0.29) is 29.8 Å². The molecule has 2 aliphatic rings. The highest BCUT2D eigenvalue weighted by Gasteiger charge is 2.45. The van der Waals surface area contributed by atoms with Gasteiger partial charge >= 0.3 is 0 Å². The molecule has 3 atom stereocenters. The molecule has 198 valence electrons. The molecule has 1 aliphatic heterocycles. The van der Waals surface area contributed by atoms with E-state index in [9.17, 15) is 9.59 Å². The van der Waals surface area contributed by atoms with Crippen LogP contribution in [0.3, 0.4) is 0 Å². The molecule has 0 radical (unpaired) electrons. The monoisotopic (exact) mass is 506 g/mol. The summed E-state index contributed by atoms with van der Waals surface area (Å²) in [6, 6.07) is 16.3. The average Bonchev–Trinajstić information content (AvgIpc) is 3.24. The number of methoxy groups -OCH3 is 1. The molecule has 2 aromatic rings. The molecule has 1 saturated heterocycles. The van der Waals surface area contributed by atoms with Crippen molar-refractivity contribution in [1.82, 2.24) is 4.90 Å². The van der Waals surface area contributed by atoms with Gasteiger partial charge in [-0.05, 0) is 48.1 Å². The largest absolute Gasteiger partial charge is 0.497 e. The number of carbonyl (C=O) groups is 2. The first-order valence-electron chi connectivity index (χ1n) is 13.2. The van der Waals surface area contributed by atoms with Gasteiger partial charge in [0.2, 0.25) is 5.91 Å². The average molecular weight is 507 g/mol. The fourth-order valence-corrected chi connectivity index (χ4v) is 5.25. The van der Waals surface area contributed by atoms with E-state index in [1.165, 1.54) is 0 Å². The number of nitrogens with zero attached hydrogens (tertiary/aromatic N) is 1. The number of ketones is 1. The van der Waals surface area contributed by atoms with E-state index in [2.05, 4.69) is 41.3 Å². The van der Waals surface area contributed by atoms with Crippen LogP contribution in [0.1, 0.15) is 37.7 Å². The van der Waals surface area contributed by atoms with Gasteiger partial charge in [-0.3, -0.25) is 14.5 Å². The SMILES string of the molecule is COc1ccc(-c2ccc(CO[C@H]3CC(=O)[C@H](N4CCOCC4)[C@H]3C/C=C\CCCC(N)=O)cc2)cc1. The topological polar surface area (TPSA) is 91.1 Å². The van der Waals surface area contributed by atoms with Gasteiger partial charge in [0, 0.05) is 31.8 Å². The first-order valence-corrected chi connectivity index (χ1v) is 13.2. The van der Waals surface area contributed by atoms with E-state index < -0.39 is 0 Å². The van der Waals surface area contributed by atoms with Gasteiger partial charge in [0.05, 0.1) is 39.1 Å². The lowest BCUT2D eigenvalue weighted by Gasteiger charge is -2.35. The van der Waals surface area contributed by atoms with Crippen LogP contribution in [0, 0.1) is 5.92 Å². The minimum absolute atomic E-state index is 0.0940. The second-order valence-electron chi connectivity index (χ2n) is 9.77. The molecule has 0 aromatic heterocycles. The van der Waals surface area contributed by atoms with E-state index in [4.69, 9.17) is 19.9 Å². The molecule has 2 aromatic carbocycles. The van der Waals surface area contributed by atoms with Crippen molar-refractivity contribution in [2.24, 2.45) is 11.7 Å². The third kappa shape index (κ3) is 7.51. The molecule has 1 heterocycles. The standard InChI is InChI=1S/C30H38N2O5/c1-35-25-14-12-24(13-15-25)23-10-8-22(9-11-23)21-37-28-20-27(33)30(32-16-18-36-19-17-32)26(28)6-4-2-3-5-7-29(31)34/h2,4,8-15,26,28,30H,3,5-7,16-21H2,1H3,(H2,31,34)/b4-2-/t26-,28-,30+/m0/s1. The van der Waals surface area contributed by atoms with Crippen molar-refractivity contribution in [2.45, 2.75) is 50.9 Å². The van der Waals surface area contributed by atoms with Gasteiger partial charge in [-0.15, -0.1) is 0 Å². The summed E-state index contributed by atoms with van der Waals surface area (Å²) in [4.78, 5) is 26.3. The number of allylic oxidation sites excluding steroid dienone is 2. The Bertz CT molecular complexity index is 1040. The van der Waals surface area contributed by atoms with Gasteiger partial charge in [-0.25, -0.2) is 0 Å². The van der Waals surface area contributed by atoms with E-state index >= 15 is 0 Å². The maximum Gasteiger partial charge on any atom is 0.217 e. The summed E-state index contributed by atoms with van der Waals surface area (Å²) in [5, 5.41) is 0. The van der Waals surface area contributed by atoms with Gasteiger partial charge in [-0.1, -0.05) is 48.6 Å². The molecular weight excluding hydrogens is 468 g/mol. The van der Waals surface area contributed by atoms with Crippen LogP contribution in [0.2, 0.25) is 0 Å². The molecule has 0 spiro atoms. The highest BCUT2D eigenvalue weighted by atomic mass is 16.5. The molecule has 0 unspecified atom stereocenters. The van der Waals surface area contributed by atoms with Crippen molar-refractivity contribution in [3.05, 3.63) is 66.2 Å². The zero-order chi connectivity index (χ0) is 26.0. The van der Waals surface area contributed by atoms with E-state index in [1.54, 1.807) is 7.11 Å². The van der Waals surface area contributed by atoms with Crippen LogP contribution in [-0.2, 0) is 25.7 Å². The third-order valence-corrected chi connectivity index (χ3v) is 7.26. The van der Waals surface area contributed by atoms with Crippen LogP contribution in [0.5, 0.6) is 5.75 Å². The predicted molar refractivity (Wildman–Crippen MR) is 143 cm³/mol. The third-order valence-electron chi connectivity index (χ3n) is 7.26. The molecular formula is C30H38N2O5. The first kappa shape index (κ1) is 27.0. The number of unbranched alkanes of at least 4 members (excludes halogenated alkanes) is 1. The molecule has 1 amide bonds. The Morgan fingerprint density at radius 1 is 1.05 bits per heavy atom. The van der Waals surface area contributed by atoms with E-state index in [1.807, 2.05) is 24.3 Å². The molecule has 4 rings (SSSR count). The molecule has 1 saturated carbocycles. The van der Waals surface area contributed by atoms with Crippen LogP contribution < -0.4 is 10.5 Å². The smallest absolute Gasteiger partial charge is 0.217 e. The van der Waals surface area contributed by atoms with E-state index in [0.29, 0.717) is 32.7 Å². The van der Waals surface area contributed by atoms with Gasteiger partial charge in [0.15, 0.2) is 5.78 Å². The van der Waals surface area contributed by atoms with Crippen LogP contribution in [0.4, 0.5) is 0 Å². The number of rotatable bonds is 12. The lowest BCUT2D eigenvalue weighted by Crippen LogP contribution is -2.49. The van der Waals surface area contributed by atoms with Crippen molar-refractivity contribution in [1.29, 1.82) is 0 Å². The summed E-state index contributed by atoms with van der Waals surface area (Å²) in [5.41, 5.74) is 8.58. The second kappa shape index (κ2) is 13.5. The molecule has 0 bridgehead atoms. The Morgan fingerprint density at radius 2 is 1.73 bits per heavy atom. The fourth-order valence-electron chi connectivity index (χ4n) is 5.25. The number of hydrogen-bond acceptors (Lipinski definition) is 6. The highest BCUT2D eigenvalue weighted by molar-refractivity contribution is 5.87. The number of Topliss-reactive ketones (excluding diaryl/α,β-unsaturated/α-hetero) is 1. The lowest BCUT2D eigenvalue weighted by atomic mass is 9.95. The van der Waals surface area contributed by atoms with Crippen molar-refractivity contribution < 1.29 is 23.8 Å². The maximum absolute atomic E-state index is 13.1. The van der Waals surface area contributed by atoms with Gasteiger partial charge < -0.3 is 19.9 Å².